The van der Waals surface area contributed by atoms with E-state index >= 15 is 0 Å². The van der Waals surface area contributed by atoms with E-state index < -0.39 is 15.7 Å². The van der Waals surface area contributed by atoms with Gasteiger partial charge in [-0.3, -0.25) is 10.1 Å². The predicted octanol–water partition coefficient (Wildman–Crippen LogP) is 4.59. The summed E-state index contributed by atoms with van der Waals surface area (Å²) >= 11 is 12.3. The Bertz CT molecular complexity index is 1380. The number of rotatable bonds is 7. The van der Waals surface area contributed by atoms with Crippen LogP contribution in [0.2, 0.25) is 10.0 Å². The Labute approximate surface area is 194 Å². The highest BCUT2D eigenvalue weighted by molar-refractivity contribution is 7.91. The monoisotopic (exact) mass is 488 g/mol. The second-order valence-electron chi connectivity index (χ2n) is 7.09. The van der Waals surface area contributed by atoms with Gasteiger partial charge in [-0.25, -0.2) is 18.1 Å². The molecule has 32 heavy (non-hydrogen) atoms. The SMILES string of the molecule is O=C(CCS(=O)(=O)c1ccc2ccccc2c1)Nc1ncn(Cc2c(Cl)cccc2Cl)n1. The molecule has 0 radical (unpaired) electrons. The zero-order chi connectivity index (χ0) is 22.7. The van der Waals surface area contributed by atoms with E-state index in [0.717, 1.165) is 10.8 Å². The van der Waals surface area contributed by atoms with Crippen LogP contribution in [0.15, 0.2) is 71.9 Å². The standard InChI is InChI=1S/C22H18Cl2N4O3S/c23-19-6-3-7-20(24)18(19)13-28-14-25-22(27-28)26-21(29)10-11-32(30,31)17-9-8-15-4-1-2-5-16(15)12-17/h1-9,12,14H,10-11,13H2,(H,26,27,29). The number of benzene rings is 3. The summed E-state index contributed by atoms with van der Waals surface area (Å²) < 4.78 is 26.8. The summed E-state index contributed by atoms with van der Waals surface area (Å²) in [5.74, 6) is -0.753. The highest BCUT2D eigenvalue weighted by Crippen LogP contribution is 2.25. The van der Waals surface area contributed by atoms with Crippen molar-refractivity contribution >= 4 is 55.7 Å². The van der Waals surface area contributed by atoms with Gasteiger partial charge < -0.3 is 0 Å². The Kier molecular flexibility index (Phi) is 6.45. The number of hydrogen-bond donors (Lipinski definition) is 1. The van der Waals surface area contributed by atoms with Crippen molar-refractivity contribution in [2.75, 3.05) is 11.1 Å². The van der Waals surface area contributed by atoms with Gasteiger partial charge in [-0.15, -0.1) is 5.10 Å². The fraction of sp³-hybridized carbons (Fsp3) is 0.136. The van der Waals surface area contributed by atoms with Crippen molar-refractivity contribution in [3.63, 3.8) is 0 Å². The van der Waals surface area contributed by atoms with E-state index in [-0.39, 0.29) is 29.6 Å². The van der Waals surface area contributed by atoms with E-state index in [4.69, 9.17) is 23.2 Å². The minimum absolute atomic E-state index is 0.0706. The molecule has 0 spiro atoms. The lowest BCUT2D eigenvalue weighted by molar-refractivity contribution is -0.115. The highest BCUT2D eigenvalue weighted by atomic mass is 35.5. The van der Waals surface area contributed by atoms with Crippen LogP contribution in [0.3, 0.4) is 0 Å². The zero-order valence-corrected chi connectivity index (χ0v) is 19.0. The first-order valence-corrected chi connectivity index (χ1v) is 12.1. The summed E-state index contributed by atoms with van der Waals surface area (Å²) in [7, 11) is -3.62. The third kappa shape index (κ3) is 5.09. The number of sulfone groups is 1. The van der Waals surface area contributed by atoms with Crippen molar-refractivity contribution in [2.24, 2.45) is 0 Å². The summed E-state index contributed by atoms with van der Waals surface area (Å²) in [6.07, 6.45) is 1.21. The first-order valence-electron chi connectivity index (χ1n) is 9.65. The van der Waals surface area contributed by atoms with Crippen molar-refractivity contribution in [1.29, 1.82) is 0 Å². The fourth-order valence-electron chi connectivity index (χ4n) is 3.17. The summed E-state index contributed by atoms with van der Waals surface area (Å²) in [6.45, 7) is 0.276. The molecule has 0 fully saturated rings. The van der Waals surface area contributed by atoms with Crippen molar-refractivity contribution in [3.8, 4) is 0 Å². The van der Waals surface area contributed by atoms with Crippen LogP contribution < -0.4 is 5.32 Å². The van der Waals surface area contributed by atoms with Crippen LogP contribution in [0.5, 0.6) is 0 Å². The lowest BCUT2D eigenvalue weighted by Gasteiger charge is -2.07. The maximum Gasteiger partial charge on any atom is 0.248 e. The second kappa shape index (κ2) is 9.28. The van der Waals surface area contributed by atoms with Gasteiger partial charge in [-0.05, 0) is 35.0 Å². The lowest BCUT2D eigenvalue weighted by atomic mass is 10.1. The topological polar surface area (TPSA) is 94.0 Å². The fourth-order valence-corrected chi connectivity index (χ4v) is 4.96. The molecule has 3 aromatic carbocycles. The summed E-state index contributed by atoms with van der Waals surface area (Å²) in [5, 5.41) is 9.46. The smallest absolute Gasteiger partial charge is 0.248 e. The molecule has 0 saturated carbocycles. The number of amides is 1. The van der Waals surface area contributed by atoms with Crippen LogP contribution in [0.1, 0.15) is 12.0 Å². The molecule has 1 amide bonds. The Hall–Kier alpha value is -2.94. The van der Waals surface area contributed by atoms with Crippen molar-refractivity contribution in [3.05, 3.63) is 82.6 Å². The minimum atomic E-state index is -3.62. The maximum atomic E-state index is 12.7. The number of carbonyl (C=O) groups is 1. The van der Waals surface area contributed by atoms with E-state index in [2.05, 4.69) is 15.4 Å². The summed E-state index contributed by atoms with van der Waals surface area (Å²) in [4.78, 5) is 16.5. The molecule has 4 rings (SSSR count). The Morgan fingerprint density at radius 1 is 0.969 bits per heavy atom. The van der Waals surface area contributed by atoms with E-state index in [9.17, 15) is 13.2 Å². The Morgan fingerprint density at radius 3 is 2.44 bits per heavy atom. The normalized spacial score (nSPS) is 11.6. The van der Waals surface area contributed by atoms with Crippen LogP contribution in [0.4, 0.5) is 5.95 Å². The molecular weight excluding hydrogens is 471 g/mol. The van der Waals surface area contributed by atoms with E-state index in [1.807, 2.05) is 24.3 Å². The van der Waals surface area contributed by atoms with E-state index in [1.54, 1.807) is 36.4 Å². The molecule has 0 unspecified atom stereocenters. The molecule has 0 saturated heterocycles. The first-order chi connectivity index (χ1) is 15.3. The number of fused-ring (bicyclic) bond motifs is 1. The summed E-state index contributed by atoms with van der Waals surface area (Å²) in [6, 6.07) is 17.6. The van der Waals surface area contributed by atoms with Crippen LogP contribution in [-0.4, -0.2) is 34.8 Å². The molecule has 0 aliphatic heterocycles. The minimum Gasteiger partial charge on any atom is -0.293 e. The molecule has 0 aliphatic rings. The molecule has 0 atom stereocenters. The Morgan fingerprint density at radius 2 is 1.69 bits per heavy atom. The predicted molar refractivity (Wildman–Crippen MR) is 125 cm³/mol. The van der Waals surface area contributed by atoms with E-state index in [0.29, 0.717) is 15.6 Å². The number of nitrogens with zero attached hydrogens (tertiary/aromatic N) is 3. The largest absolute Gasteiger partial charge is 0.293 e. The molecule has 4 aromatic rings. The van der Waals surface area contributed by atoms with Gasteiger partial charge in [0.05, 0.1) is 17.2 Å². The van der Waals surface area contributed by atoms with Crippen LogP contribution in [0.25, 0.3) is 10.8 Å². The maximum absolute atomic E-state index is 12.7. The molecule has 10 heteroatoms. The number of hydrogen-bond acceptors (Lipinski definition) is 5. The molecular formula is C22H18Cl2N4O3S. The molecule has 1 N–H and O–H groups in total. The third-order valence-electron chi connectivity index (χ3n) is 4.85. The number of aromatic nitrogens is 3. The zero-order valence-electron chi connectivity index (χ0n) is 16.7. The molecule has 1 aromatic heterocycles. The number of carbonyl (C=O) groups excluding carboxylic acids is 1. The average Bonchev–Trinajstić information content (AvgIpc) is 3.21. The van der Waals surface area contributed by atoms with Crippen LogP contribution in [0, 0.1) is 0 Å². The van der Waals surface area contributed by atoms with Gasteiger partial charge in [-0.2, -0.15) is 0 Å². The number of nitrogens with one attached hydrogen (secondary N) is 1. The molecule has 0 bridgehead atoms. The molecule has 7 nitrogen and oxygen atoms in total. The van der Waals surface area contributed by atoms with Crippen molar-refractivity contribution in [1.82, 2.24) is 14.8 Å². The van der Waals surface area contributed by atoms with Crippen LogP contribution >= 0.6 is 23.2 Å². The van der Waals surface area contributed by atoms with Crippen molar-refractivity contribution < 1.29 is 13.2 Å². The van der Waals surface area contributed by atoms with Gasteiger partial charge in [0, 0.05) is 22.0 Å². The number of halogens is 2. The van der Waals surface area contributed by atoms with Gasteiger partial charge in [0.15, 0.2) is 9.84 Å². The average molecular weight is 489 g/mol. The van der Waals surface area contributed by atoms with Gasteiger partial charge in [0.2, 0.25) is 11.9 Å². The highest BCUT2D eigenvalue weighted by Gasteiger charge is 2.18. The summed E-state index contributed by atoms with van der Waals surface area (Å²) in [5.41, 5.74) is 0.681. The number of anilines is 1. The molecule has 0 aliphatic carbocycles. The Balaban J connectivity index is 1.37. The molecule has 1 heterocycles. The molecule has 164 valence electrons. The lowest BCUT2D eigenvalue weighted by Crippen LogP contribution is -2.18. The third-order valence-corrected chi connectivity index (χ3v) is 7.27. The first kappa shape index (κ1) is 22.3. The van der Waals surface area contributed by atoms with Crippen LogP contribution in [-0.2, 0) is 21.2 Å². The second-order valence-corrected chi connectivity index (χ2v) is 10.0. The van der Waals surface area contributed by atoms with E-state index in [1.165, 1.54) is 11.0 Å². The van der Waals surface area contributed by atoms with Gasteiger partial charge in [0.25, 0.3) is 0 Å². The van der Waals surface area contributed by atoms with Gasteiger partial charge in [-0.1, -0.05) is 59.6 Å². The van der Waals surface area contributed by atoms with Crippen molar-refractivity contribution in [2.45, 2.75) is 17.9 Å². The van der Waals surface area contributed by atoms with Gasteiger partial charge in [0.1, 0.15) is 6.33 Å². The van der Waals surface area contributed by atoms with Gasteiger partial charge >= 0.3 is 0 Å². The quantitative estimate of drug-likeness (QED) is 0.410.